The van der Waals surface area contributed by atoms with Crippen molar-refractivity contribution in [1.82, 2.24) is 4.98 Å². The molecule has 1 aromatic heterocycles. The van der Waals surface area contributed by atoms with E-state index < -0.39 is 17.7 Å². The van der Waals surface area contributed by atoms with E-state index in [1.165, 1.54) is 16.2 Å². The number of aliphatic hydroxyl groups excluding tert-OH is 1. The van der Waals surface area contributed by atoms with E-state index in [0.717, 1.165) is 16.7 Å². The van der Waals surface area contributed by atoms with E-state index in [-0.39, 0.29) is 16.7 Å². The molecule has 3 aromatic carbocycles. The molecule has 1 aliphatic heterocycles. The van der Waals surface area contributed by atoms with Crippen LogP contribution in [-0.2, 0) is 15.0 Å². The Balaban J connectivity index is 1.68. The van der Waals surface area contributed by atoms with E-state index in [1.807, 2.05) is 43.3 Å². The molecule has 5 rings (SSSR count). The van der Waals surface area contributed by atoms with Crippen molar-refractivity contribution >= 4 is 44.1 Å². The molecule has 4 aromatic rings. The van der Waals surface area contributed by atoms with Crippen LogP contribution in [0.15, 0.2) is 72.3 Å². The number of hydrogen-bond donors (Lipinski definition) is 1. The molecule has 0 radical (unpaired) electrons. The predicted molar refractivity (Wildman–Crippen MR) is 158 cm³/mol. The molecule has 2 heterocycles. The molecule has 8 heteroatoms. The topological polar surface area (TPSA) is 89.0 Å². The van der Waals surface area contributed by atoms with Crippen molar-refractivity contribution in [2.45, 2.75) is 45.6 Å². The number of ketones is 1. The van der Waals surface area contributed by atoms with Crippen LogP contribution in [0.4, 0.5) is 5.13 Å². The Morgan fingerprint density at radius 3 is 2.45 bits per heavy atom. The summed E-state index contributed by atoms with van der Waals surface area (Å²) in [6.45, 7) is 8.90. The maximum Gasteiger partial charge on any atom is 0.301 e. The number of amides is 1. The first-order chi connectivity index (χ1) is 19.1. The van der Waals surface area contributed by atoms with Crippen LogP contribution in [0.1, 0.15) is 56.8 Å². The monoisotopic (exact) mass is 556 g/mol. The van der Waals surface area contributed by atoms with Gasteiger partial charge in [-0.05, 0) is 53.3 Å². The second-order valence-corrected chi connectivity index (χ2v) is 11.8. The highest BCUT2D eigenvalue weighted by Gasteiger charge is 2.48. The maximum absolute atomic E-state index is 13.6. The second-order valence-electron chi connectivity index (χ2n) is 10.7. The van der Waals surface area contributed by atoms with Gasteiger partial charge in [0.15, 0.2) is 5.13 Å². The van der Waals surface area contributed by atoms with Crippen LogP contribution >= 0.6 is 11.3 Å². The summed E-state index contributed by atoms with van der Waals surface area (Å²) in [6.07, 6.45) is 0.833. The van der Waals surface area contributed by atoms with Crippen molar-refractivity contribution in [2.24, 2.45) is 0 Å². The van der Waals surface area contributed by atoms with Gasteiger partial charge in [0, 0.05) is 5.56 Å². The number of anilines is 1. The summed E-state index contributed by atoms with van der Waals surface area (Å²) in [5.41, 5.74) is 2.83. The van der Waals surface area contributed by atoms with Crippen molar-refractivity contribution in [3.63, 3.8) is 0 Å². The molecule has 0 aliphatic carbocycles. The molecule has 206 valence electrons. The largest absolute Gasteiger partial charge is 0.507 e. The van der Waals surface area contributed by atoms with E-state index in [9.17, 15) is 14.7 Å². The Kier molecular flexibility index (Phi) is 7.38. The minimum Gasteiger partial charge on any atom is -0.507 e. The number of rotatable bonds is 7. The number of ether oxygens (including phenoxy) is 2. The molecule has 1 unspecified atom stereocenters. The molecule has 7 nitrogen and oxygen atoms in total. The van der Waals surface area contributed by atoms with E-state index in [1.54, 1.807) is 37.4 Å². The Hall–Kier alpha value is -4.17. The number of methoxy groups -OCH3 is 1. The lowest BCUT2D eigenvalue weighted by atomic mass is 9.85. The standard InChI is InChI=1S/C32H32N2O5S/c1-6-16-39-23-9-7-8-20(17-23)28(35)26-27(19-10-12-21(13-11-19)32(2,3)4)34(30(37)29(26)36)31-33-24-15-14-22(38-5)18-25(24)40-31/h7-15,17-18,27,35H,6,16H2,1-5H3/b28-26+. The second kappa shape index (κ2) is 10.8. The number of hydrogen-bond acceptors (Lipinski definition) is 7. The minimum absolute atomic E-state index is 0.0120. The molecule has 40 heavy (non-hydrogen) atoms. The van der Waals surface area contributed by atoms with E-state index in [4.69, 9.17) is 14.5 Å². The first-order valence-electron chi connectivity index (χ1n) is 13.2. The third-order valence-electron chi connectivity index (χ3n) is 6.91. The lowest BCUT2D eigenvalue weighted by Gasteiger charge is -2.24. The van der Waals surface area contributed by atoms with Gasteiger partial charge in [0.2, 0.25) is 0 Å². The van der Waals surface area contributed by atoms with E-state index >= 15 is 0 Å². The van der Waals surface area contributed by atoms with Crippen LogP contribution in [0, 0.1) is 0 Å². The quantitative estimate of drug-likeness (QED) is 0.150. The summed E-state index contributed by atoms with van der Waals surface area (Å²) < 4.78 is 11.9. The molecular formula is C32H32N2O5S. The van der Waals surface area contributed by atoms with Crippen LogP contribution in [-0.4, -0.2) is 35.5 Å². The predicted octanol–water partition coefficient (Wildman–Crippen LogP) is 7.02. The molecular weight excluding hydrogens is 524 g/mol. The number of aromatic nitrogens is 1. The van der Waals surface area contributed by atoms with Gasteiger partial charge in [0.25, 0.3) is 5.78 Å². The van der Waals surface area contributed by atoms with Crippen LogP contribution in [0.2, 0.25) is 0 Å². The zero-order chi connectivity index (χ0) is 28.6. The summed E-state index contributed by atoms with van der Waals surface area (Å²) in [4.78, 5) is 33.3. The van der Waals surface area contributed by atoms with Gasteiger partial charge in [-0.2, -0.15) is 0 Å². The molecule has 1 saturated heterocycles. The van der Waals surface area contributed by atoms with Gasteiger partial charge in [0.1, 0.15) is 17.3 Å². The Bertz CT molecular complexity index is 1610. The molecule has 1 fully saturated rings. The lowest BCUT2D eigenvalue weighted by molar-refractivity contribution is -0.132. The highest BCUT2D eigenvalue weighted by molar-refractivity contribution is 7.22. The van der Waals surface area contributed by atoms with Gasteiger partial charge >= 0.3 is 5.91 Å². The number of carbonyl (C=O) groups is 2. The number of nitrogens with zero attached hydrogens (tertiary/aromatic N) is 2. The normalized spacial score (nSPS) is 17.0. The molecule has 0 saturated carbocycles. The van der Waals surface area contributed by atoms with Gasteiger partial charge in [-0.1, -0.05) is 75.4 Å². The smallest absolute Gasteiger partial charge is 0.301 e. The molecule has 1 atom stereocenters. The molecule has 0 spiro atoms. The van der Waals surface area contributed by atoms with Crippen molar-refractivity contribution in [3.8, 4) is 11.5 Å². The molecule has 0 bridgehead atoms. The fourth-order valence-corrected chi connectivity index (χ4v) is 5.76. The average Bonchev–Trinajstić information content (AvgIpc) is 3.48. The zero-order valence-electron chi connectivity index (χ0n) is 23.2. The van der Waals surface area contributed by atoms with Crippen LogP contribution in [0.5, 0.6) is 11.5 Å². The van der Waals surface area contributed by atoms with Gasteiger partial charge < -0.3 is 14.6 Å². The number of fused-ring (bicyclic) bond motifs is 1. The number of thiazole rings is 1. The summed E-state index contributed by atoms with van der Waals surface area (Å²) in [5.74, 6) is -0.513. The Morgan fingerprint density at radius 1 is 1.02 bits per heavy atom. The summed E-state index contributed by atoms with van der Waals surface area (Å²) in [6, 6.07) is 19.4. The minimum atomic E-state index is -0.864. The summed E-state index contributed by atoms with van der Waals surface area (Å²) >= 11 is 1.29. The van der Waals surface area contributed by atoms with E-state index in [0.29, 0.717) is 39.9 Å². The van der Waals surface area contributed by atoms with Crippen molar-refractivity contribution in [3.05, 3.63) is 89.0 Å². The van der Waals surface area contributed by atoms with E-state index in [2.05, 4.69) is 20.8 Å². The average molecular weight is 557 g/mol. The Morgan fingerprint density at radius 2 is 1.77 bits per heavy atom. The fraction of sp³-hybridized carbons (Fsp3) is 0.281. The third-order valence-corrected chi connectivity index (χ3v) is 7.93. The van der Waals surface area contributed by atoms with Crippen molar-refractivity contribution < 1.29 is 24.2 Å². The van der Waals surface area contributed by atoms with Crippen LogP contribution < -0.4 is 14.4 Å². The third kappa shape index (κ3) is 5.07. The van der Waals surface area contributed by atoms with Crippen molar-refractivity contribution in [2.75, 3.05) is 18.6 Å². The zero-order valence-corrected chi connectivity index (χ0v) is 24.0. The van der Waals surface area contributed by atoms with Gasteiger partial charge in [-0.25, -0.2) is 4.98 Å². The maximum atomic E-state index is 13.6. The van der Waals surface area contributed by atoms with Gasteiger partial charge in [0.05, 0.1) is 35.5 Å². The number of benzene rings is 3. The van der Waals surface area contributed by atoms with Crippen molar-refractivity contribution in [1.29, 1.82) is 0 Å². The molecule has 1 amide bonds. The lowest BCUT2D eigenvalue weighted by Crippen LogP contribution is -2.29. The first kappa shape index (κ1) is 27.4. The number of carbonyl (C=O) groups excluding carboxylic acids is 2. The van der Waals surface area contributed by atoms with Gasteiger partial charge in [-0.15, -0.1) is 0 Å². The van der Waals surface area contributed by atoms with Crippen LogP contribution in [0.3, 0.4) is 0 Å². The number of Topliss-reactive ketones (excluding diaryl/α,β-unsaturated/α-hetero) is 1. The fourth-order valence-electron chi connectivity index (χ4n) is 4.74. The molecule has 1 aliphatic rings. The molecule has 1 N–H and O–H groups in total. The Labute approximate surface area is 237 Å². The number of aliphatic hydroxyl groups is 1. The van der Waals surface area contributed by atoms with Crippen LogP contribution in [0.25, 0.3) is 16.0 Å². The van der Waals surface area contributed by atoms with Gasteiger partial charge in [-0.3, -0.25) is 14.5 Å². The SMILES string of the molecule is CCCOc1cccc(/C(O)=C2\C(=O)C(=O)N(c3nc4ccc(OC)cc4s3)C2c2ccc(C(C)(C)C)cc2)c1. The first-order valence-corrected chi connectivity index (χ1v) is 14.0. The summed E-state index contributed by atoms with van der Waals surface area (Å²) in [7, 11) is 1.59. The summed E-state index contributed by atoms with van der Waals surface area (Å²) in [5, 5.41) is 11.9. The highest BCUT2D eigenvalue weighted by atomic mass is 32.1. The highest BCUT2D eigenvalue weighted by Crippen LogP contribution is 2.45.